The zero-order valence-corrected chi connectivity index (χ0v) is 13.4. The highest BCUT2D eigenvalue weighted by Gasteiger charge is 2.15. The monoisotopic (exact) mass is 308 g/mol. The SMILES string of the molecule is CNS(=O)(=O)c1ccc(C)c(NC(C)c2ccc(C)o2)c1. The molecule has 0 aliphatic heterocycles. The highest BCUT2D eigenvalue weighted by Crippen LogP contribution is 2.25. The van der Waals surface area contributed by atoms with Crippen molar-refractivity contribution in [2.45, 2.75) is 31.7 Å². The molecule has 5 nitrogen and oxygen atoms in total. The molecule has 0 saturated heterocycles. The van der Waals surface area contributed by atoms with Crippen molar-refractivity contribution in [2.75, 3.05) is 12.4 Å². The molecule has 0 amide bonds. The molecule has 114 valence electrons. The van der Waals surface area contributed by atoms with Crippen molar-refractivity contribution in [3.8, 4) is 0 Å². The first-order valence-electron chi connectivity index (χ1n) is 6.70. The zero-order chi connectivity index (χ0) is 15.6. The Morgan fingerprint density at radius 3 is 2.43 bits per heavy atom. The second-order valence-electron chi connectivity index (χ2n) is 5.00. The number of nitrogens with one attached hydrogen (secondary N) is 2. The fourth-order valence-corrected chi connectivity index (χ4v) is 2.79. The van der Waals surface area contributed by atoms with Crippen molar-refractivity contribution >= 4 is 15.7 Å². The predicted molar refractivity (Wildman–Crippen MR) is 82.9 cm³/mol. The van der Waals surface area contributed by atoms with Crippen LogP contribution in [0.5, 0.6) is 0 Å². The molecule has 1 atom stereocenters. The van der Waals surface area contributed by atoms with Crippen molar-refractivity contribution in [2.24, 2.45) is 0 Å². The van der Waals surface area contributed by atoms with Gasteiger partial charge >= 0.3 is 0 Å². The molecular formula is C15H20N2O3S. The number of anilines is 1. The van der Waals surface area contributed by atoms with Gasteiger partial charge in [-0.2, -0.15) is 0 Å². The van der Waals surface area contributed by atoms with Gasteiger partial charge in [0.25, 0.3) is 0 Å². The predicted octanol–water partition coefficient (Wildman–Crippen LogP) is 2.98. The Hall–Kier alpha value is -1.79. The van der Waals surface area contributed by atoms with Crippen molar-refractivity contribution in [3.05, 3.63) is 47.4 Å². The zero-order valence-electron chi connectivity index (χ0n) is 12.6. The Morgan fingerprint density at radius 2 is 1.86 bits per heavy atom. The molecule has 6 heteroatoms. The van der Waals surface area contributed by atoms with E-state index in [0.717, 1.165) is 22.8 Å². The van der Waals surface area contributed by atoms with Gasteiger partial charge in [-0.25, -0.2) is 13.1 Å². The lowest BCUT2D eigenvalue weighted by atomic mass is 10.1. The van der Waals surface area contributed by atoms with E-state index < -0.39 is 10.0 Å². The van der Waals surface area contributed by atoms with Gasteiger partial charge in [-0.3, -0.25) is 0 Å². The molecule has 1 heterocycles. The van der Waals surface area contributed by atoms with Gasteiger partial charge in [0.15, 0.2) is 0 Å². The number of furan rings is 1. The molecule has 2 rings (SSSR count). The van der Waals surface area contributed by atoms with Gasteiger partial charge in [0.1, 0.15) is 11.5 Å². The van der Waals surface area contributed by atoms with E-state index >= 15 is 0 Å². The smallest absolute Gasteiger partial charge is 0.240 e. The van der Waals surface area contributed by atoms with Gasteiger partial charge in [-0.05, 0) is 57.6 Å². The minimum absolute atomic E-state index is 0.0510. The van der Waals surface area contributed by atoms with E-state index in [-0.39, 0.29) is 10.9 Å². The maximum absolute atomic E-state index is 11.9. The van der Waals surface area contributed by atoms with E-state index in [9.17, 15) is 8.42 Å². The van der Waals surface area contributed by atoms with Crippen molar-refractivity contribution in [1.29, 1.82) is 0 Å². The van der Waals surface area contributed by atoms with Crippen molar-refractivity contribution in [1.82, 2.24) is 4.72 Å². The summed E-state index contributed by atoms with van der Waals surface area (Å²) in [6.07, 6.45) is 0. The summed E-state index contributed by atoms with van der Waals surface area (Å²) in [5, 5.41) is 3.29. The van der Waals surface area contributed by atoms with Crippen LogP contribution in [0, 0.1) is 13.8 Å². The summed E-state index contributed by atoms with van der Waals surface area (Å²) in [6, 6.07) is 8.78. The first-order valence-corrected chi connectivity index (χ1v) is 8.19. The van der Waals surface area contributed by atoms with Crippen LogP contribution in [0.1, 0.15) is 30.0 Å². The van der Waals surface area contributed by atoms with Gasteiger partial charge in [0, 0.05) is 5.69 Å². The topological polar surface area (TPSA) is 71.3 Å². The summed E-state index contributed by atoms with van der Waals surface area (Å²) in [5.41, 5.74) is 1.74. The highest BCUT2D eigenvalue weighted by molar-refractivity contribution is 7.89. The Labute approximate surface area is 125 Å². The summed E-state index contributed by atoms with van der Waals surface area (Å²) in [7, 11) is -2.05. The maximum atomic E-state index is 11.9. The lowest BCUT2D eigenvalue weighted by Crippen LogP contribution is -2.19. The van der Waals surface area contributed by atoms with Crippen LogP contribution in [-0.4, -0.2) is 15.5 Å². The van der Waals surface area contributed by atoms with Crippen LogP contribution in [0.2, 0.25) is 0 Å². The molecule has 1 unspecified atom stereocenters. The normalized spacial score (nSPS) is 13.1. The fourth-order valence-electron chi connectivity index (χ4n) is 2.03. The average molecular weight is 308 g/mol. The molecule has 1 aromatic carbocycles. The molecule has 1 aromatic heterocycles. The maximum Gasteiger partial charge on any atom is 0.240 e. The molecule has 0 aliphatic carbocycles. The summed E-state index contributed by atoms with van der Waals surface area (Å²) < 4.78 is 31.6. The summed E-state index contributed by atoms with van der Waals surface area (Å²) in [6.45, 7) is 5.79. The van der Waals surface area contributed by atoms with Crippen LogP contribution in [0.25, 0.3) is 0 Å². The first-order chi connectivity index (χ1) is 9.83. The molecule has 2 aromatic rings. The average Bonchev–Trinajstić information content (AvgIpc) is 2.87. The van der Waals surface area contributed by atoms with Gasteiger partial charge in [0.2, 0.25) is 10.0 Å². The van der Waals surface area contributed by atoms with Crippen molar-refractivity contribution in [3.63, 3.8) is 0 Å². The van der Waals surface area contributed by atoms with E-state index in [2.05, 4.69) is 10.0 Å². The second-order valence-corrected chi connectivity index (χ2v) is 6.89. The number of sulfonamides is 1. The number of hydrogen-bond donors (Lipinski definition) is 2. The molecule has 0 saturated carbocycles. The van der Waals surface area contributed by atoms with Gasteiger partial charge < -0.3 is 9.73 Å². The summed E-state index contributed by atoms with van der Waals surface area (Å²) in [4.78, 5) is 0.237. The summed E-state index contributed by atoms with van der Waals surface area (Å²) >= 11 is 0. The molecular weight excluding hydrogens is 288 g/mol. The minimum Gasteiger partial charge on any atom is -0.464 e. The standard InChI is InChI=1S/C15H20N2O3S/c1-10-5-7-13(21(18,19)16-4)9-14(10)17-12(3)15-8-6-11(2)20-15/h5-9,12,16-17H,1-4H3. The third kappa shape index (κ3) is 3.46. The van der Waals surface area contributed by atoms with Gasteiger partial charge in [-0.1, -0.05) is 6.07 Å². The van der Waals surface area contributed by atoms with Crippen LogP contribution in [0.4, 0.5) is 5.69 Å². The van der Waals surface area contributed by atoms with Crippen LogP contribution in [0.3, 0.4) is 0 Å². The van der Waals surface area contributed by atoms with E-state index in [1.54, 1.807) is 18.2 Å². The van der Waals surface area contributed by atoms with E-state index in [4.69, 9.17) is 4.42 Å². The van der Waals surface area contributed by atoms with Crippen LogP contribution in [0.15, 0.2) is 39.6 Å². The third-order valence-corrected chi connectivity index (χ3v) is 4.76. The lowest BCUT2D eigenvalue weighted by Gasteiger charge is -2.16. The Kier molecular flexibility index (Phi) is 4.39. The van der Waals surface area contributed by atoms with E-state index in [1.165, 1.54) is 7.05 Å². The van der Waals surface area contributed by atoms with Crippen LogP contribution in [-0.2, 0) is 10.0 Å². The number of benzene rings is 1. The molecule has 0 aliphatic rings. The number of aryl methyl sites for hydroxylation is 2. The molecule has 0 radical (unpaired) electrons. The largest absolute Gasteiger partial charge is 0.464 e. The minimum atomic E-state index is -3.45. The number of hydrogen-bond acceptors (Lipinski definition) is 4. The van der Waals surface area contributed by atoms with Crippen LogP contribution >= 0.6 is 0 Å². The Morgan fingerprint density at radius 1 is 1.14 bits per heavy atom. The van der Waals surface area contributed by atoms with Gasteiger partial charge in [-0.15, -0.1) is 0 Å². The molecule has 2 N–H and O–H groups in total. The van der Waals surface area contributed by atoms with E-state index in [1.807, 2.05) is 32.9 Å². The third-order valence-electron chi connectivity index (χ3n) is 3.35. The van der Waals surface area contributed by atoms with Crippen molar-refractivity contribution < 1.29 is 12.8 Å². The quantitative estimate of drug-likeness (QED) is 0.891. The fraction of sp³-hybridized carbons (Fsp3) is 0.333. The highest BCUT2D eigenvalue weighted by atomic mass is 32.2. The van der Waals surface area contributed by atoms with Gasteiger partial charge in [0.05, 0.1) is 10.9 Å². The molecule has 0 spiro atoms. The van der Waals surface area contributed by atoms with E-state index in [0.29, 0.717) is 0 Å². The first kappa shape index (κ1) is 15.6. The molecule has 0 fully saturated rings. The lowest BCUT2D eigenvalue weighted by molar-refractivity contribution is 0.467. The second kappa shape index (κ2) is 5.91. The Bertz CT molecular complexity index is 735. The molecule has 0 bridgehead atoms. The Balaban J connectivity index is 2.29. The summed E-state index contributed by atoms with van der Waals surface area (Å²) in [5.74, 6) is 1.66. The van der Waals surface area contributed by atoms with Crippen LogP contribution < -0.4 is 10.0 Å². The molecule has 21 heavy (non-hydrogen) atoms. The number of rotatable bonds is 5.